The number of ether oxygens (including phenoxy) is 2. The Morgan fingerprint density at radius 2 is 1.53 bits per heavy atom. The Kier molecular flexibility index (Phi) is 7.09. The fraction of sp³-hybridized carbons (Fsp3) is 0.250. The van der Waals surface area contributed by atoms with Gasteiger partial charge in [-0.15, -0.1) is 0 Å². The number of para-hydroxylation sites is 1. The minimum atomic E-state index is -3.70. The minimum absolute atomic E-state index is 0.0884. The van der Waals surface area contributed by atoms with E-state index in [1.165, 1.54) is 27.4 Å². The molecule has 10 heteroatoms. The number of nitrogens with zero attached hydrogens (tertiary/aromatic N) is 2. The molecule has 0 spiro atoms. The predicted molar refractivity (Wildman–Crippen MR) is 122 cm³/mol. The van der Waals surface area contributed by atoms with Crippen molar-refractivity contribution in [3.63, 3.8) is 0 Å². The molecule has 0 bridgehead atoms. The largest absolute Gasteiger partial charge is 0.479 e. The van der Waals surface area contributed by atoms with Crippen molar-refractivity contribution in [1.29, 1.82) is 0 Å². The molecule has 0 saturated carbocycles. The van der Waals surface area contributed by atoms with Gasteiger partial charge in [-0.3, -0.25) is 4.79 Å². The van der Waals surface area contributed by atoms with Gasteiger partial charge in [-0.1, -0.05) is 42.5 Å². The van der Waals surface area contributed by atoms with Gasteiger partial charge in [0.1, 0.15) is 0 Å². The highest BCUT2D eigenvalue weighted by molar-refractivity contribution is 7.89. The van der Waals surface area contributed by atoms with Crippen LogP contribution < -0.4 is 4.74 Å². The number of fused-ring (bicyclic) bond motifs is 1. The zero-order chi connectivity index (χ0) is 24.1. The second-order valence-corrected chi connectivity index (χ2v) is 9.61. The van der Waals surface area contributed by atoms with E-state index in [1.807, 2.05) is 24.3 Å². The van der Waals surface area contributed by atoms with Gasteiger partial charge >= 0.3 is 5.97 Å². The Morgan fingerprint density at radius 3 is 2.26 bits per heavy atom. The number of carbonyl (C=O) groups is 2. The van der Waals surface area contributed by atoms with Crippen molar-refractivity contribution in [3.8, 4) is 5.75 Å². The summed E-state index contributed by atoms with van der Waals surface area (Å²) in [6.45, 7) is -0.427. The van der Waals surface area contributed by atoms with Crippen LogP contribution in [-0.4, -0.2) is 68.9 Å². The monoisotopic (exact) mass is 486 g/mol. The fourth-order valence-corrected chi connectivity index (χ4v) is 5.09. The molecule has 1 heterocycles. The molecule has 3 aromatic carbocycles. The van der Waals surface area contributed by atoms with E-state index < -0.39 is 40.9 Å². The quantitative estimate of drug-likeness (QED) is 0.477. The van der Waals surface area contributed by atoms with Gasteiger partial charge in [-0.05, 0) is 35.0 Å². The molecule has 8 nitrogen and oxygen atoms in total. The molecule has 1 saturated heterocycles. The summed E-state index contributed by atoms with van der Waals surface area (Å²) >= 11 is 0. The first-order chi connectivity index (χ1) is 16.3. The topological polar surface area (TPSA) is 93.2 Å². The van der Waals surface area contributed by atoms with Crippen LogP contribution in [0.15, 0.2) is 71.6 Å². The summed E-state index contributed by atoms with van der Waals surface area (Å²) in [7, 11) is -3.70. The van der Waals surface area contributed by atoms with Gasteiger partial charge in [0, 0.05) is 26.2 Å². The maximum atomic E-state index is 13.5. The molecule has 0 radical (unpaired) electrons. The van der Waals surface area contributed by atoms with Crippen LogP contribution in [0, 0.1) is 5.82 Å². The van der Waals surface area contributed by atoms with Gasteiger partial charge in [0.25, 0.3) is 5.91 Å². The Labute approximate surface area is 196 Å². The average molecular weight is 487 g/mol. The molecule has 0 unspecified atom stereocenters. The van der Waals surface area contributed by atoms with E-state index in [-0.39, 0.29) is 36.8 Å². The van der Waals surface area contributed by atoms with E-state index in [0.717, 1.165) is 10.8 Å². The van der Waals surface area contributed by atoms with Gasteiger partial charge in [0.05, 0.1) is 4.90 Å². The number of hydrogen-bond donors (Lipinski definition) is 0. The van der Waals surface area contributed by atoms with Crippen molar-refractivity contribution in [2.24, 2.45) is 0 Å². The number of hydrogen-bond acceptors (Lipinski definition) is 6. The van der Waals surface area contributed by atoms with Gasteiger partial charge < -0.3 is 14.4 Å². The second kappa shape index (κ2) is 10.2. The smallest absolute Gasteiger partial charge is 0.344 e. The van der Waals surface area contributed by atoms with Crippen molar-refractivity contribution >= 4 is 32.7 Å². The van der Waals surface area contributed by atoms with Crippen molar-refractivity contribution in [1.82, 2.24) is 9.21 Å². The maximum Gasteiger partial charge on any atom is 0.344 e. The van der Waals surface area contributed by atoms with E-state index in [0.29, 0.717) is 0 Å². The van der Waals surface area contributed by atoms with Crippen molar-refractivity contribution in [2.75, 3.05) is 39.4 Å². The number of carbonyl (C=O) groups excluding carboxylic acids is 2. The molecule has 3 aromatic rings. The van der Waals surface area contributed by atoms with Crippen LogP contribution in [0.25, 0.3) is 10.8 Å². The molecule has 34 heavy (non-hydrogen) atoms. The number of benzene rings is 3. The highest BCUT2D eigenvalue weighted by Gasteiger charge is 2.30. The lowest BCUT2D eigenvalue weighted by Gasteiger charge is -2.33. The maximum absolute atomic E-state index is 13.5. The molecular formula is C24H23FN2O6S. The number of esters is 1. The highest BCUT2D eigenvalue weighted by Crippen LogP contribution is 2.23. The summed E-state index contributed by atoms with van der Waals surface area (Å²) in [5.74, 6) is -1.95. The summed E-state index contributed by atoms with van der Waals surface area (Å²) in [6, 6.07) is 18.1. The molecule has 0 aliphatic carbocycles. The summed E-state index contributed by atoms with van der Waals surface area (Å²) < 4.78 is 50.9. The number of sulfonamides is 1. The average Bonchev–Trinajstić information content (AvgIpc) is 2.86. The van der Waals surface area contributed by atoms with Crippen molar-refractivity contribution in [2.45, 2.75) is 4.90 Å². The van der Waals surface area contributed by atoms with E-state index in [1.54, 1.807) is 24.3 Å². The molecule has 1 aliphatic rings. The fourth-order valence-electron chi connectivity index (χ4n) is 3.63. The lowest BCUT2D eigenvalue weighted by Crippen LogP contribution is -2.51. The van der Waals surface area contributed by atoms with Crippen molar-refractivity contribution in [3.05, 3.63) is 72.5 Å². The van der Waals surface area contributed by atoms with Crippen LogP contribution in [0.5, 0.6) is 5.75 Å². The molecule has 1 aliphatic heterocycles. The van der Waals surface area contributed by atoms with Crippen LogP contribution in [0.3, 0.4) is 0 Å². The normalized spacial score (nSPS) is 14.7. The highest BCUT2D eigenvalue weighted by atomic mass is 32.2. The summed E-state index contributed by atoms with van der Waals surface area (Å²) in [5.41, 5.74) is 0. The molecule has 0 aromatic heterocycles. The third-order valence-corrected chi connectivity index (χ3v) is 7.38. The van der Waals surface area contributed by atoms with E-state index in [2.05, 4.69) is 0 Å². The summed E-state index contributed by atoms with van der Waals surface area (Å²) in [6.07, 6.45) is 0. The lowest BCUT2D eigenvalue weighted by atomic mass is 10.1. The zero-order valence-corrected chi connectivity index (χ0v) is 19.0. The molecular weight excluding hydrogens is 463 g/mol. The Hall–Kier alpha value is -3.50. The van der Waals surface area contributed by atoms with Gasteiger partial charge in [-0.25, -0.2) is 17.6 Å². The molecule has 1 amide bonds. The Bertz CT molecular complexity index is 1310. The molecule has 178 valence electrons. The molecule has 4 rings (SSSR count). The lowest BCUT2D eigenvalue weighted by molar-refractivity contribution is -0.154. The van der Waals surface area contributed by atoms with Crippen LogP contribution in [0.1, 0.15) is 0 Å². The standard InChI is InChI=1S/C24H23FN2O6S/c25-21-7-3-4-8-22(21)32-17-24(29)33-16-23(28)26-11-13-27(14-12-26)34(30,31)20-10-9-18-5-1-2-6-19(18)15-20/h1-10,15H,11-14,16-17H2. The number of piperazine rings is 1. The Morgan fingerprint density at radius 1 is 0.853 bits per heavy atom. The van der Waals surface area contributed by atoms with Crippen LogP contribution >= 0.6 is 0 Å². The molecule has 0 N–H and O–H groups in total. The third-order valence-electron chi connectivity index (χ3n) is 5.49. The van der Waals surface area contributed by atoms with Gasteiger partial charge in [0.15, 0.2) is 24.8 Å². The Balaban J connectivity index is 1.26. The van der Waals surface area contributed by atoms with Crippen LogP contribution in [0.2, 0.25) is 0 Å². The van der Waals surface area contributed by atoms with Crippen molar-refractivity contribution < 1.29 is 31.9 Å². The second-order valence-electron chi connectivity index (χ2n) is 7.67. The SMILES string of the molecule is O=C(COc1ccccc1F)OCC(=O)N1CCN(S(=O)(=O)c2ccc3ccccc3c2)CC1. The van der Waals surface area contributed by atoms with Gasteiger partial charge in [-0.2, -0.15) is 4.31 Å². The van der Waals surface area contributed by atoms with E-state index in [4.69, 9.17) is 9.47 Å². The summed E-state index contributed by atoms with van der Waals surface area (Å²) in [4.78, 5) is 25.8. The molecule has 0 atom stereocenters. The summed E-state index contributed by atoms with van der Waals surface area (Å²) in [5, 5.41) is 1.78. The van der Waals surface area contributed by atoms with Crippen LogP contribution in [0.4, 0.5) is 4.39 Å². The first-order valence-corrected chi connectivity index (χ1v) is 12.1. The minimum Gasteiger partial charge on any atom is -0.479 e. The van der Waals surface area contributed by atoms with E-state index >= 15 is 0 Å². The number of halogens is 1. The number of amides is 1. The van der Waals surface area contributed by atoms with E-state index in [9.17, 15) is 22.4 Å². The number of rotatable bonds is 7. The first kappa shape index (κ1) is 23.7. The predicted octanol–water partition coefficient (Wildman–Crippen LogP) is 2.43. The zero-order valence-electron chi connectivity index (χ0n) is 18.2. The van der Waals surface area contributed by atoms with Gasteiger partial charge in [0.2, 0.25) is 10.0 Å². The first-order valence-electron chi connectivity index (χ1n) is 10.6. The van der Waals surface area contributed by atoms with Crippen LogP contribution in [-0.2, 0) is 24.3 Å². The third kappa shape index (κ3) is 5.35. The molecule has 1 fully saturated rings.